The molecule has 27 heavy (non-hydrogen) atoms. The van der Waals surface area contributed by atoms with Crippen LogP contribution in [0, 0.1) is 23.5 Å². The Kier molecular flexibility index (Phi) is 9.24. The van der Waals surface area contributed by atoms with Crippen molar-refractivity contribution in [3.8, 4) is 5.75 Å². The summed E-state index contributed by atoms with van der Waals surface area (Å²) in [5.74, 6) is -0.610. The highest BCUT2D eigenvalue weighted by molar-refractivity contribution is 9.09. The van der Waals surface area contributed by atoms with Crippen LogP contribution in [0.1, 0.15) is 62.8 Å². The van der Waals surface area contributed by atoms with E-state index in [0.29, 0.717) is 5.92 Å². The lowest BCUT2D eigenvalue weighted by atomic mass is 9.78. The van der Waals surface area contributed by atoms with Crippen LogP contribution in [-0.2, 0) is 4.74 Å². The van der Waals surface area contributed by atoms with Crippen molar-refractivity contribution in [2.75, 3.05) is 13.2 Å². The third kappa shape index (κ3) is 6.02. The van der Waals surface area contributed by atoms with E-state index in [1.54, 1.807) is 13.0 Å². The maximum atomic E-state index is 14.4. The Balaban J connectivity index is 1.93. The molecule has 0 bridgehead atoms. The SMILES string of the molecule is C=CC(OCC(Br)c1ccc(OCC)c(F)c1F)C1CCC(CCC)CC1. The first-order chi connectivity index (χ1) is 13.0. The summed E-state index contributed by atoms with van der Waals surface area (Å²) in [6.07, 6.45) is 9.10. The fourth-order valence-corrected chi connectivity index (χ4v) is 4.46. The molecule has 0 N–H and O–H groups in total. The minimum atomic E-state index is -0.951. The predicted octanol–water partition coefficient (Wildman–Crippen LogP) is 6.98. The van der Waals surface area contributed by atoms with Gasteiger partial charge in [0.15, 0.2) is 11.6 Å². The van der Waals surface area contributed by atoms with Crippen LogP contribution in [0.15, 0.2) is 24.8 Å². The number of hydrogen-bond donors (Lipinski definition) is 0. The second-order valence-corrected chi connectivity index (χ2v) is 8.39. The first-order valence-corrected chi connectivity index (χ1v) is 10.9. The van der Waals surface area contributed by atoms with Gasteiger partial charge in [-0.3, -0.25) is 0 Å². The number of ether oxygens (including phenoxy) is 2. The topological polar surface area (TPSA) is 18.5 Å². The summed E-state index contributed by atoms with van der Waals surface area (Å²) in [4.78, 5) is -0.429. The normalized spacial score (nSPS) is 22.3. The lowest BCUT2D eigenvalue weighted by molar-refractivity contribution is 0.0268. The smallest absolute Gasteiger partial charge is 0.200 e. The summed E-state index contributed by atoms with van der Waals surface area (Å²) in [6, 6.07) is 3.01. The number of hydrogen-bond acceptors (Lipinski definition) is 2. The Bertz CT molecular complexity index is 600. The highest BCUT2D eigenvalue weighted by Crippen LogP contribution is 2.36. The van der Waals surface area contributed by atoms with Crippen LogP contribution < -0.4 is 4.74 Å². The largest absolute Gasteiger partial charge is 0.491 e. The molecule has 5 heteroatoms. The van der Waals surface area contributed by atoms with E-state index in [0.717, 1.165) is 18.8 Å². The molecule has 1 fully saturated rings. The maximum Gasteiger partial charge on any atom is 0.200 e. The number of rotatable bonds is 10. The van der Waals surface area contributed by atoms with Gasteiger partial charge < -0.3 is 9.47 Å². The monoisotopic (exact) mass is 444 g/mol. The van der Waals surface area contributed by atoms with Gasteiger partial charge in [-0.1, -0.05) is 60.7 Å². The molecule has 1 aromatic carbocycles. The third-order valence-electron chi connectivity index (χ3n) is 5.43. The number of benzene rings is 1. The van der Waals surface area contributed by atoms with Gasteiger partial charge in [0, 0.05) is 5.56 Å². The molecule has 0 radical (unpaired) electrons. The molecule has 0 aromatic heterocycles. The number of alkyl halides is 1. The second-order valence-electron chi connectivity index (χ2n) is 7.28. The van der Waals surface area contributed by atoms with E-state index in [9.17, 15) is 8.78 Å². The molecule has 2 atom stereocenters. The van der Waals surface area contributed by atoms with E-state index in [1.165, 1.54) is 31.7 Å². The molecule has 0 heterocycles. The predicted molar refractivity (Wildman–Crippen MR) is 109 cm³/mol. The van der Waals surface area contributed by atoms with Crippen molar-refractivity contribution in [1.29, 1.82) is 0 Å². The van der Waals surface area contributed by atoms with E-state index in [2.05, 4.69) is 29.4 Å². The molecule has 0 spiro atoms. The minimum absolute atomic E-state index is 0.0526. The van der Waals surface area contributed by atoms with E-state index in [1.807, 2.05) is 6.08 Å². The van der Waals surface area contributed by atoms with Gasteiger partial charge in [0.05, 0.1) is 24.1 Å². The van der Waals surface area contributed by atoms with Crippen molar-refractivity contribution >= 4 is 15.9 Å². The molecule has 1 aliphatic rings. The lowest BCUT2D eigenvalue weighted by Gasteiger charge is -2.32. The average molecular weight is 445 g/mol. The Morgan fingerprint density at radius 1 is 1.19 bits per heavy atom. The van der Waals surface area contributed by atoms with Crippen LogP contribution in [0.4, 0.5) is 8.78 Å². The second kappa shape index (κ2) is 11.2. The van der Waals surface area contributed by atoms with E-state index >= 15 is 0 Å². The summed E-state index contributed by atoms with van der Waals surface area (Å²) in [5.41, 5.74) is 0.241. The van der Waals surface area contributed by atoms with Gasteiger partial charge in [0.1, 0.15) is 0 Å². The van der Waals surface area contributed by atoms with Crippen LogP contribution in [0.3, 0.4) is 0 Å². The lowest BCUT2D eigenvalue weighted by Crippen LogP contribution is -2.27. The van der Waals surface area contributed by atoms with Crippen LogP contribution >= 0.6 is 15.9 Å². The van der Waals surface area contributed by atoms with Gasteiger partial charge in [0.25, 0.3) is 0 Å². The fourth-order valence-electron chi connectivity index (χ4n) is 3.95. The summed E-state index contributed by atoms with van der Waals surface area (Å²) in [7, 11) is 0. The molecular weight excluding hydrogens is 414 g/mol. The summed E-state index contributed by atoms with van der Waals surface area (Å²) in [5, 5.41) is 0. The van der Waals surface area contributed by atoms with Gasteiger partial charge in [0.2, 0.25) is 5.82 Å². The quantitative estimate of drug-likeness (QED) is 0.286. The molecule has 152 valence electrons. The van der Waals surface area contributed by atoms with Crippen LogP contribution in [0.25, 0.3) is 0 Å². The Morgan fingerprint density at radius 2 is 1.89 bits per heavy atom. The third-order valence-corrected chi connectivity index (χ3v) is 6.19. The molecule has 2 unspecified atom stereocenters. The molecule has 2 rings (SSSR count). The van der Waals surface area contributed by atoms with Gasteiger partial charge in [-0.2, -0.15) is 4.39 Å². The van der Waals surface area contributed by atoms with E-state index < -0.39 is 16.5 Å². The van der Waals surface area contributed by atoms with Gasteiger partial charge in [-0.15, -0.1) is 6.58 Å². The Morgan fingerprint density at radius 3 is 2.48 bits per heavy atom. The highest BCUT2D eigenvalue weighted by atomic mass is 79.9. The van der Waals surface area contributed by atoms with E-state index in [4.69, 9.17) is 9.47 Å². The molecule has 2 nitrogen and oxygen atoms in total. The van der Waals surface area contributed by atoms with Gasteiger partial charge in [-0.25, -0.2) is 4.39 Å². The van der Waals surface area contributed by atoms with Crippen molar-refractivity contribution in [3.63, 3.8) is 0 Å². The molecule has 0 aliphatic heterocycles. The molecule has 1 aliphatic carbocycles. The van der Waals surface area contributed by atoms with Crippen LogP contribution in [0.2, 0.25) is 0 Å². The fraction of sp³-hybridized carbons (Fsp3) is 0.636. The first-order valence-electron chi connectivity index (χ1n) is 10.0. The van der Waals surface area contributed by atoms with Crippen molar-refractivity contribution < 1.29 is 18.3 Å². The zero-order valence-corrected chi connectivity index (χ0v) is 17.9. The first kappa shape index (κ1) is 22.4. The Labute approximate surface area is 170 Å². The maximum absolute atomic E-state index is 14.4. The number of halogens is 3. The van der Waals surface area contributed by atoms with Crippen molar-refractivity contribution in [2.24, 2.45) is 11.8 Å². The summed E-state index contributed by atoms with van der Waals surface area (Å²) < 4.78 is 39.6. The van der Waals surface area contributed by atoms with Crippen molar-refractivity contribution in [1.82, 2.24) is 0 Å². The molecule has 0 amide bonds. The van der Waals surface area contributed by atoms with Crippen LogP contribution in [-0.4, -0.2) is 19.3 Å². The highest BCUT2D eigenvalue weighted by Gasteiger charge is 2.27. The molecule has 0 saturated heterocycles. The van der Waals surface area contributed by atoms with Crippen molar-refractivity contribution in [3.05, 3.63) is 42.0 Å². The summed E-state index contributed by atoms with van der Waals surface area (Å²) in [6.45, 7) is 8.44. The van der Waals surface area contributed by atoms with Crippen LogP contribution in [0.5, 0.6) is 5.75 Å². The molecule has 1 aromatic rings. The molecule has 1 saturated carbocycles. The minimum Gasteiger partial charge on any atom is -0.491 e. The van der Waals surface area contributed by atoms with Crippen molar-refractivity contribution in [2.45, 2.75) is 63.3 Å². The summed E-state index contributed by atoms with van der Waals surface area (Å²) >= 11 is 3.44. The zero-order chi connectivity index (χ0) is 19.8. The zero-order valence-electron chi connectivity index (χ0n) is 16.4. The van der Waals surface area contributed by atoms with Gasteiger partial charge in [-0.05, 0) is 37.7 Å². The molecular formula is C22H31BrF2O2. The van der Waals surface area contributed by atoms with Gasteiger partial charge >= 0.3 is 0 Å². The standard InChI is InChI=1S/C22H31BrF2O2/c1-4-7-15-8-10-16(11-9-15)19(5-2)27-14-18(23)17-12-13-20(26-6-3)22(25)21(17)24/h5,12-13,15-16,18-19H,2,4,6-11,14H2,1,3H3. The van der Waals surface area contributed by atoms with E-state index in [-0.39, 0.29) is 30.6 Å². The Hall–Kier alpha value is -0.940. The average Bonchev–Trinajstić information content (AvgIpc) is 2.67.